The summed E-state index contributed by atoms with van der Waals surface area (Å²) in [5, 5.41) is 0. The van der Waals surface area contributed by atoms with Gasteiger partial charge in [-0.2, -0.15) is 0 Å². The first-order chi connectivity index (χ1) is 10.1. The van der Waals surface area contributed by atoms with E-state index >= 15 is 0 Å². The van der Waals surface area contributed by atoms with Crippen LogP contribution in [0.15, 0.2) is 48.3 Å². The van der Waals surface area contributed by atoms with E-state index in [9.17, 15) is 4.79 Å². The summed E-state index contributed by atoms with van der Waals surface area (Å²) in [4.78, 5) is 23.3. The highest BCUT2D eigenvalue weighted by atomic mass is 16.1. The number of carbonyl (C=O) groups excluding carboxylic acids is 1. The maximum absolute atomic E-state index is 12.4. The normalized spacial score (nSPS) is 15.9. The van der Waals surface area contributed by atoms with Crippen molar-refractivity contribution >= 4 is 5.78 Å². The molecule has 21 heavy (non-hydrogen) atoms. The smallest absolute Gasteiger partial charge is 0.193 e. The van der Waals surface area contributed by atoms with Gasteiger partial charge in [-0.05, 0) is 12.8 Å². The summed E-state index contributed by atoms with van der Waals surface area (Å²) in [6, 6.07) is 9.83. The molecule has 0 atom stereocenters. The van der Waals surface area contributed by atoms with Crippen molar-refractivity contribution in [2.24, 2.45) is 0 Å². The van der Waals surface area contributed by atoms with Crippen molar-refractivity contribution in [1.29, 1.82) is 0 Å². The van der Waals surface area contributed by atoms with Crippen LogP contribution in [0.3, 0.4) is 0 Å². The predicted molar refractivity (Wildman–Crippen MR) is 81.9 cm³/mol. The standard InChI is InChI=1S/C17H17N3O/c1-20(2)11-13-8-9-15-14(16(13)21)10-18-17(19-15)12-6-4-3-5-7-12/h3-7,10-11H,8-9H2,1-2H3. The molecule has 4 heteroatoms. The first-order valence-electron chi connectivity index (χ1n) is 6.98. The first kappa shape index (κ1) is 13.5. The van der Waals surface area contributed by atoms with E-state index in [0.717, 1.165) is 29.7 Å². The van der Waals surface area contributed by atoms with E-state index in [0.29, 0.717) is 11.4 Å². The fraction of sp³-hybridized carbons (Fsp3) is 0.235. The number of ketones is 1. The van der Waals surface area contributed by atoms with Gasteiger partial charge in [0, 0.05) is 37.6 Å². The summed E-state index contributed by atoms with van der Waals surface area (Å²) in [7, 11) is 3.84. The lowest BCUT2D eigenvalue weighted by molar-refractivity contribution is 0.102. The van der Waals surface area contributed by atoms with Crippen LogP contribution < -0.4 is 0 Å². The second-order valence-electron chi connectivity index (χ2n) is 5.37. The molecule has 3 rings (SSSR count). The lowest BCUT2D eigenvalue weighted by atomic mass is 9.91. The van der Waals surface area contributed by atoms with Crippen molar-refractivity contribution in [3.8, 4) is 11.4 Å². The Labute approximate surface area is 124 Å². The van der Waals surface area contributed by atoms with Gasteiger partial charge < -0.3 is 4.90 Å². The molecule has 0 saturated carbocycles. The van der Waals surface area contributed by atoms with Crippen LogP contribution in [0.5, 0.6) is 0 Å². The van der Waals surface area contributed by atoms with E-state index in [1.807, 2.05) is 55.5 Å². The third-order valence-electron chi connectivity index (χ3n) is 3.48. The number of rotatable bonds is 2. The second kappa shape index (κ2) is 5.48. The van der Waals surface area contributed by atoms with Crippen LogP contribution in [0.1, 0.15) is 22.5 Å². The van der Waals surface area contributed by atoms with Crippen LogP contribution in [0.4, 0.5) is 0 Å². The Kier molecular flexibility index (Phi) is 3.52. The number of allylic oxidation sites excluding steroid dienone is 1. The SMILES string of the molecule is CN(C)C=C1CCc2nc(-c3ccccc3)ncc2C1=O. The zero-order chi connectivity index (χ0) is 14.8. The minimum Gasteiger partial charge on any atom is -0.383 e. The van der Waals surface area contributed by atoms with Crippen LogP contribution in [0.2, 0.25) is 0 Å². The molecule has 1 aliphatic rings. The number of hydrogen-bond donors (Lipinski definition) is 0. The summed E-state index contributed by atoms with van der Waals surface area (Å²) < 4.78 is 0. The maximum atomic E-state index is 12.4. The lowest BCUT2D eigenvalue weighted by Crippen LogP contribution is -2.19. The summed E-state index contributed by atoms with van der Waals surface area (Å²) in [6.45, 7) is 0. The Balaban J connectivity index is 1.98. The molecule has 1 heterocycles. The number of nitrogens with zero attached hydrogens (tertiary/aromatic N) is 3. The highest BCUT2D eigenvalue weighted by Crippen LogP contribution is 2.25. The third-order valence-corrected chi connectivity index (χ3v) is 3.48. The van der Waals surface area contributed by atoms with Gasteiger partial charge in [-0.1, -0.05) is 30.3 Å². The molecule has 0 spiro atoms. The average Bonchev–Trinajstić information content (AvgIpc) is 2.50. The molecule has 2 aromatic rings. The van der Waals surface area contributed by atoms with E-state index < -0.39 is 0 Å². The van der Waals surface area contributed by atoms with Gasteiger partial charge in [0.1, 0.15) is 0 Å². The number of carbonyl (C=O) groups is 1. The zero-order valence-corrected chi connectivity index (χ0v) is 12.2. The van der Waals surface area contributed by atoms with Gasteiger partial charge in [0.2, 0.25) is 0 Å². The van der Waals surface area contributed by atoms with Gasteiger partial charge in [0.25, 0.3) is 0 Å². The minimum absolute atomic E-state index is 0.0459. The van der Waals surface area contributed by atoms with E-state index in [1.54, 1.807) is 6.20 Å². The predicted octanol–water partition coefficient (Wildman–Crippen LogP) is 2.72. The molecular weight excluding hydrogens is 262 g/mol. The van der Waals surface area contributed by atoms with Crippen molar-refractivity contribution in [1.82, 2.24) is 14.9 Å². The van der Waals surface area contributed by atoms with Crippen LogP contribution >= 0.6 is 0 Å². The number of fused-ring (bicyclic) bond motifs is 1. The van der Waals surface area contributed by atoms with Crippen molar-refractivity contribution in [3.63, 3.8) is 0 Å². The number of hydrogen-bond acceptors (Lipinski definition) is 4. The molecule has 1 aliphatic carbocycles. The van der Waals surface area contributed by atoms with Crippen molar-refractivity contribution in [2.45, 2.75) is 12.8 Å². The molecule has 0 N–H and O–H groups in total. The summed E-state index contributed by atoms with van der Waals surface area (Å²) in [6.07, 6.45) is 5.06. The fourth-order valence-electron chi connectivity index (χ4n) is 2.50. The molecule has 0 fully saturated rings. The topological polar surface area (TPSA) is 46.1 Å². The maximum Gasteiger partial charge on any atom is 0.193 e. The molecule has 0 radical (unpaired) electrons. The van der Waals surface area contributed by atoms with Gasteiger partial charge in [-0.3, -0.25) is 4.79 Å². The minimum atomic E-state index is 0.0459. The molecule has 4 nitrogen and oxygen atoms in total. The largest absolute Gasteiger partial charge is 0.383 e. The van der Waals surface area contributed by atoms with Gasteiger partial charge in [0.05, 0.1) is 11.3 Å². The van der Waals surface area contributed by atoms with E-state index in [4.69, 9.17) is 0 Å². The van der Waals surface area contributed by atoms with E-state index in [2.05, 4.69) is 9.97 Å². The molecule has 1 aromatic carbocycles. The Morgan fingerprint density at radius 3 is 2.62 bits per heavy atom. The number of benzene rings is 1. The number of aromatic nitrogens is 2. The quantitative estimate of drug-likeness (QED) is 0.793. The van der Waals surface area contributed by atoms with E-state index in [-0.39, 0.29) is 5.78 Å². The monoisotopic (exact) mass is 279 g/mol. The molecule has 0 amide bonds. The molecule has 106 valence electrons. The Bertz CT molecular complexity index is 705. The summed E-state index contributed by atoms with van der Waals surface area (Å²) in [5.74, 6) is 0.728. The van der Waals surface area contributed by atoms with Gasteiger partial charge in [0.15, 0.2) is 11.6 Å². The highest BCUT2D eigenvalue weighted by molar-refractivity contribution is 6.10. The molecule has 0 saturated heterocycles. The summed E-state index contributed by atoms with van der Waals surface area (Å²) >= 11 is 0. The molecule has 1 aromatic heterocycles. The molecule has 0 aliphatic heterocycles. The van der Waals surface area contributed by atoms with Crippen molar-refractivity contribution in [3.05, 3.63) is 59.6 Å². The lowest BCUT2D eigenvalue weighted by Gasteiger charge is -2.18. The average molecular weight is 279 g/mol. The third kappa shape index (κ3) is 2.70. The van der Waals surface area contributed by atoms with Crippen molar-refractivity contribution < 1.29 is 4.79 Å². The van der Waals surface area contributed by atoms with Crippen LogP contribution in [0.25, 0.3) is 11.4 Å². The van der Waals surface area contributed by atoms with Crippen LogP contribution in [-0.2, 0) is 6.42 Å². The number of aryl methyl sites for hydroxylation is 1. The van der Waals surface area contributed by atoms with Crippen LogP contribution in [-0.4, -0.2) is 34.7 Å². The van der Waals surface area contributed by atoms with Crippen LogP contribution in [0, 0.1) is 0 Å². The van der Waals surface area contributed by atoms with Gasteiger partial charge >= 0.3 is 0 Å². The zero-order valence-electron chi connectivity index (χ0n) is 12.2. The van der Waals surface area contributed by atoms with Gasteiger partial charge in [-0.25, -0.2) is 9.97 Å². The first-order valence-corrected chi connectivity index (χ1v) is 6.98. The second-order valence-corrected chi connectivity index (χ2v) is 5.37. The van der Waals surface area contributed by atoms with Gasteiger partial charge in [-0.15, -0.1) is 0 Å². The Morgan fingerprint density at radius 1 is 1.14 bits per heavy atom. The molecule has 0 bridgehead atoms. The highest BCUT2D eigenvalue weighted by Gasteiger charge is 2.24. The molecule has 0 unspecified atom stereocenters. The Hall–Kier alpha value is -2.49. The fourth-order valence-corrected chi connectivity index (χ4v) is 2.50. The molecular formula is C17H17N3O. The summed E-state index contributed by atoms with van der Waals surface area (Å²) in [5.41, 5.74) is 3.28. The number of Topliss-reactive ketones (excluding diaryl/α,β-unsaturated/α-hetero) is 1. The van der Waals surface area contributed by atoms with Crippen molar-refractivity contribution in [2.75, 3.05) is 14.1 Å². The Morgan fingerprint density at radius 2 is 1.90 bits per heavy atom. The van der Waals surface area contributed by atoms with E-state index in [1.165, 1.54) is 0 Å².